The maximum atomic E-state index is 12.0. The number of carbonyl (C=O) groups excluding carboxylic acids is 1. The molecule has 3 heteroatoms. The number of allylic oxidation sites excluding steroid dienone is 1. The first-order valence-corrected chi connectivity index (χ1v) is 7.06. The number of aliphatic hydroxyl groups excluding tert-OH is 1. The van der Waals surface area contributed by atoms with Crippen LogP contribution in [0.15, 0.2) is 11.6 Å². The van der Waals surface area contributed by atoms with Crippen LogP contribution in [0.5, 0.6) is 0 Å². The Morgan fingerprint density at radius 2 is 2.28 bits per heavy atom. The largest absolute Gasteiger partial charge is 0.392 e. The van der Waals surface area contributed by atoms with Gasteiger partial charge < -0.3 is 9.84 Å². The first-order chi connectivity index (χ1) is 8.57. The lowest BCUT2D eigenvalue weighted by Crippen LogP contribution is -2.45. The van der Waals surface area contributed by atoms with Crippen LogP contribution >= 0.6 is 0 Å². The lowest BCUT2D eigenvalue weighted by Gasteiger charge is -2.44. The van der Waals surface area contributed by atoms with Crippen molar-refractivity contribution in [3.8, 4) is 0 Å². The van der Waals surface area contributed by atoms with E-state index in [0.29, 0.717) is 35.7 Å². The van der Waals surface area contributed by atoms with E-state index in [-0.39, 0.29) is 18.0 Å². The summed E-state index contributed by atoms with van der Waals surface area (Å²) in [4.78, 5) is 12.0. The molecule has 1 N–H and O–H groups in total. The SMILES string of the molecule is CC(C)[C@H]1CCC2(CO2)[C@H]2CC(=O)C(CO)=C[C@H]12. The smallest absolute Gasteiger partial charge is 0.161 e. The van der Waals surface area contributed by atoms with E-state index in [4.69, 9.17) is 4.74 Å². The predicted molar refractivity (Wildman–Crippen MR) is 68.0 cm³/mol. The van der Waals surface area contributed by atoms with Gasteiger partial charge in [-0.05, 0) is 30.6 Å². The van der Waals surface area contributed by atoms with Gasteiger partial charge in [-0.15, -0.1) is 0 Å². The molecule has 0 aromatic heterocycles. The lowest BCUT2D eigenvalue weighted by molar-refractivity contribution is -0.119. The molecule has 1 heterocycles. The molecule has 0 radical (unpaired) electrons. The first-order valence-electron chi connectivity index (χ1n) is 7.06. The van der Waals surface area contributed by atoms with E-state index < -0.39 is 0 Å². The third-order valence-electron chi connectivity index (χ3n) is 5.23. The van der Waals surface area contributed by atoms with Crippen molar-refractivity contribution in [3.63, 3.8) is 0 Å². The van der Waals surface area contributed by atoms with Crippen molar-refractivity contribution in [3.05, 3.63) is 11.6 Å². The van der Waals surface area contributed by atoms with Crippen LogP contribution in [0.2, 0.25) is 0 Å². The number of rotatable bonds is 2. The van der Waals surface area contributed by atoms with Gasteiger partial charge in [0, 0.05) is 17.9 Å². The van der Waals surface area contributed by atoms with Gasteiger partial charge in [0.05, 0.1) is 18.8 Å². The molecule has 3 nitrogen and oxygen atoms in total. The summed E-state index contributed by atoms with van der Waals surface area (Å²) in [5.41, 5.74) is 0.628. The molecule has 0 aromatic rings. The van der Waals surface area contributed by atoms with Crippen molar-refractivity contribution in [2.24, 2.45) is 23.7 Å². The average Bonchev–Trinajstić information content (AvgIpc) is 3.10. The molecule has 3 aliphatic rings. The van der Waals surface area contributed by atoms with Gasteiger partial charge in [0.1, 0.15) is 0 Å². The average molecular weight is 250 g/mol. The Morgan fingerprint density at radius 3 is 2.83 bits per heavy atom. The molecule has 0 aromatic carbocycles. The number of carbonyl (C=O) groups is 1. The Morgan fingerprint density at radius 1 is 1.56 bits per heavy atom. The Bertz CT molecular complexity index is 393. The first kappa shape index (κ1) is 12.4. The molecule has 3 rings (SSSR count). The van der Waals surface area contributed by atoms with Gasteiger partial charge in [-0.25, -0.2) is 0 Å². The minimum absolute atomic E-state index is 0.00318. The van der Waals surface area contributed by atoms with Gasteiger partial charge in [-0.3, -0.25) is 4.79 Å². The van der Waals surface area contributed by atoms with Gasteiger partial charge in [-0.1, -0.05) is 19.9 Å². The van der Waals surface area contributed by atoms with Crippen molar-refractivity contribution >= 4 is 5.78 Å². The van der Waals surface area contributed by atoms with E-state index in [1.54, 1.807) is 0 Å². The highest BCUT2D eigenvalue weighted by molar-refractivity contribution is 5.96. The molecule has 1 spiro atoms. The van der Waals surface area contributed by atoms with Crippen LogP contribution in [-0.4, -0.2) is 29.7 Å². The number of ketones is 1. The Balaban J connectivity index is 1.94. The van der Waals surface area contributed by atoms with Gasteiger partial charge in [0.15, 0.2) is 5.78 Å². The standard InChI is InChI=1S/C15H22O3/c1-9(2)11-3-4-15(8-18-15)13-6-14(17)10(7-16)5-12(11)13/h5,9,11-13,16H,3-4,6-8H2,1-2H3/t11-,12-,13+,15?/m1/s1. The molecule has 4 atom stereocenters. The minimum Gasteiger partial charge on any atom is -0.392 e. The number of ether oxygens (including phenoxy) is 1. The fourth-order valence-corrected chi connectivity index (χ4v) is 4.03. The molecule has 2 fully saturated rings. The Hall–Kier alpha value is -0.670. The van der Waals surface area contributed by atoms with Crippen molar-refractivity contribution in [1.82, 2.24) is 0 Å². The van der Waals surface area contributed by atoms with Crippen LogP contribution < -0.4 is 0 Å². The monoisotopic (exact) mass is 250 g/mol. The van der Waals surface area contributed by atoms with Crippen molar-refractivity contribution in [1.29, 1.82) is 0 Å². The van der Waals surface area contributed by atoms with Crippen molar-refractivity contribution < 1.29 is 14.6 Å². The van der Waals surface area contributed by atoms with E-state index in [1.165, 1.54) is 6.42 Å². The van der Waals surface area contributed by atoms with Crippen LogP contribution in [0.1, 0.15) is 33.1 Å². The lowest BCUT2D eigenvalue weighted by atomic mass is 9.59. The molecule has 2 aliphatic carbocycles. The second-order valence-corrected chi connectivity index (χ2v) is 6.46. The topological polar surface area (TPSA) is 49.8 Å². The second-order valence-electron chi connectivity index (χ2n) is 6.46. The predicted octanol–water partition coefficient (Wildman–Crippen LogP) is 1.95. The number of hydrogen-bond acceptors (Lipinski definition) is 3. The van der Waals surface area contributed by atoms with Crippen LogP contribution in [0.3, 0.4) is 0 Å². The van der Waals surface area contributed by atoms with E-state index in [2.05, 4.69) is 19.9 Å². The summed E-state index contributed by atoms with van der Waals surface area (Å²) in [5, 5.41) is 9.30. The highest BCUT2D eigenvalue weighted by atomic mass is 16.6. The number of fused-ring (bicyclic) bond motifs is 2. The molecule has 0 amide bonds. The summed E-state index contributed by atoms with van der Waals surface area (Å²) < 4.78 is 5.71. The highest BCUT2D eigenvalue weighted by Crippen LogP contribution is 2.55. The van der Waals surface area contributed by atoms with E-state index in [9.17, 15) is 9.90 Å². The summed E-state index contributed by atoms with van der Waals surface area (Å²) in [6.45, 7) is 5.24. The van der Waals surface area contributed by atoms with Crippen LogP contribution in [-0.2, 0) is 9.53 Å². The minimum atomic E-state index is -0.110. The van der Waals surface area contributed by atoms with Crippen LogP contribution in [0, 0.1) is 23.7 Å². The van der Waals surface area contributed by atoms with Gasteiger partial charge in [0.2, 0.25) is 0 Å². The molecule has 18 heavy (non-hydrogen) atoms. The molecular weight excluding hydrogens is 228 g/mol. The van der Waals surface area contributed by atoms with Gasteiger partial charge >= 0.3 is 0 Å². The maximum Gasteiger partial charge on any atom is 0.161 e. The second kappa shape index (κ2) is 4.17. The fraction of sp³-hybridized carbons (Fsp3) is 0.800. The number of aliphatic hydroxyl groups is 1. The molecule has 1 saturated carbocycles. The number of hydrogen-bond donors (Lipinski definition) is 1. The van der Waals surface area contributed by atoms with Gasteiger partial charge in [0.25, 0.3) is 0 Å². The summed E-state index contributed by atoms with van der Waals surface area (Å²) in [6.07, 6.45) is 4.92. The Labute approximate surface area is 108 Å². The summed E-state index contributed by atoms with van der Waals surface area (Å²) in [5.74, 6) is 2.14. The zero-order chi connectivity index (χ0) is 12.9. The number of epoxide rings is 1. The van der Waals surface area contributed by atoms with Crippen LogP contribution in [0.25, 0.3) is 0 Å². The molecular formula is C15H22O3. The molecule has 1 saturated heterocycles. The summed E-state index contributed by atoms with van der Waals surface area (Å²) >= 11 is 0. The maximum absolute atomic E-state index is 12.0. The zero-order valence-electron chi connectivity index (χ0n) is 11.2. The zero-order valence-corrected chi connectivity index (χ0v) is 11.2. The Kier molecular flexibility index (Phi) is 2.87. The summed E-state index contributed by atoms with van der Waals surface area (Å²) in [7, 11) is 0. The molecule has 0 bridgehead atoms. The fourth-order valence-electron chi connectivity index (χ4n) is 4.03. The summed E-state index contributed by atoms with van der Waals surface area (Å²) in [6, 6.07) is 0. The third-order valence-corrected chi connectivity index (χ3v) is 5.23. The van der Waals surface area contributed by atoms with Crippen molar-refractivity contribution in [2.45, 2.75) is 38.7 Å². The van der Waals surface area contributed by atoms with E-state index >= 15 is 0 Å². The van der Waals surface area contributed by atoms with Crippen LogP contribution in [0.4, 0.5) is 0 Å². The molecule has 100 valence electrons. The van der Waals surface area contributed by atoms with E-state index in [1.807, 2.05) is 0 Å². The number of Topliss-reactive ketones (excluding diaryl/α,β-unsaturated/α-hetero) is 1. The third kappa shape index (κ3) is 1.76. The quantitative estimate of drug-likeness (QED) is 0.762. The van der Waals surface area contributed by atoms with Gasteiger partial charge in [-0.2, -0.15) is 0 Å². The molecule has 1 unspecified atom stereocenters. The molecule has 1 aliphatic heterocycles. The highest BCUT2D eigenvalue weighted by Gasteiger charge is 2.59. The normalized spacial score (nSPS) is 43.0. The van der Waals surface area contributed by atoms with Crippen molar-refractivity contribution in [2.75, 3.05) is 13.2 Å². The van der Waals surface area contributed by atoms with E-state index in [0.717, 1.165) is 13.0 Å².